The van der Waals surface area contributed by atoms with Gasteiger partial charge in [-0.15, -0.1) is 0 Å². The molecule has 5 nitrogen and oxygen atoms in total. The summed E-state index contributed by atoms with van der Waals surface area (Å²) in [5.74, 6) is -46.9. The molecule has 0 saturated carbocycles. The normalized spacial score (nSPS) is 15.8. The molecule has 1 rings (SSSR count). The molecule has 1 atom stereocenters. The van der Waals surface area contributed by atoms with Crippen molar-refractivity contribution in [3.8, 4) is 5.75 Å². The van der Waals surface area contributed by atoms with Gasteiger partial charge in [0.05, 0.1) is 19.8 Å². The number of benzene rings is 1. The number of alkyl halides is 17. The molecule has 0 aliphatic carbocycles. The highest BCUT2D eigenvalue weighted by Gasteiger charge is 2.95. The molecule has 1 unspecified atom stereocenters. The van der Waals surface area contributed by atoms with Crippen molar-refractivity contribution < 1.29 is 94.0 Å². The summed E-state index contributed by atoms with van der Waals surface area (Å²) in [6, 6.07) is 0.919. The Morgan fingerprint density at radius 1 is 0.625 bits per heavy atom. The first-order chi connectivity index (χ1) is 17.5. The van der Waals surface area contributed by atoms with Crippen molar-refractivity contribution in [2.75, 3.05) is 14.2 Å². The number of hydrogen-bond acceptors (Lipinski definition) is 5. The summed E-state index contributed by atoms with van der Waals surface area (Å²) in [7, 11) is 1.23. The highest BCUT2D eigenvalue weighted by Crippen LogP contribution is 2.64. The SMILES string of the molecule is COC(=O)c1ccc(C(=O)OC)c(OC(F)(F)C(F)(Br)C(F)(F)C(F)(F)C(F)(F)C(F)(F)C(F)(F)C(F)(F)F)c1. The van der Waals surface area contributed by atoms with Crippen molar-refractivity contribution in [1.82, 2.24) is 0 Å². The van der Waals surface area contributed by atoms with E-state index in [1.165, 1.54) is 0 Å². The molecule has 0 amide bonds. The number of esters is 2. The fraction of sp³-hybridized carbons (Fsp3) is 0.556. The van der Waals surface area contributed by atoms with E-state index in [0.29, 0.717) is 42.3 Å². The van der Waals surface area contributed by atoms with Crippen LogP contribution in [0.15, 0.2) is 18.2 Å². The summed E-state index contributed by atoms with van der Waals surface area (Å²) in [5, 5.41) is 0. The van der Waals surface area contributed by atoms with Gasteiger partial charge in [-0.25, -0.2) is 14.0 Å². The predicted octanol–water partition coefficient (Wildman–Crippen LogP) is 7.03. The Balaban J connectivity index is 3.77. The third-order valence-electron chi connectivity index (χ3n) is 4.74. The largest absolute Gasteiger partial charge is 0.465 e. The standard InChI is InChI=1S/C18H9BrF16O5/c1-38-9(36)6-3-4-7(10(37)39-2)8(5-6)40-18(34,35)11(19,20)12(21,22)13(23,24)14(25,26)15(27,28)16(29,30)17(31,32)33/h3-5H,1-2H3. The number of ether oxygens (including phenoxy) is 3. The minimum Gasteiger partial charge on any atom is -0.465 e. The Kier molecular flexibility index (Phi) is 9.10. The van der Waals surface area contributed by atoms with Crippen molar-refractivity contribution in [2.24, 2.45) is 0 Å². The fourth-order valence-electron chi connectivity index (χ4n) is 2.48. The molecule has 0 aliphatic heterocycles. The number of halogens is 17. The maximum atomic E-state index is 14.6. The van der Waals surface area contributed by atoms with E-state index in [0.717, 1.165) is 0 Å². The summed E-state index contributed by atoms with van der Waals surface area (Å²) in [6.45, 7) is 0. The Bertz CT molecular complexity index is 1130. The first kappa shape index (κ1) is 35.3. The van der Waals surface area contributed by atoms with Crippen LogP contribution in [0.1, 0.15) is 20.7 Å². The Morgan fingerprint density at radius 3 is 1.43 bits per heavy atom. The lowest BCUT2D eigenvalue weighted by molar-refractivity contribution is -0.450. The van der Waals surface area contributed by atoms with Gasteiger partial charge in [0.15, 0.2) is 0 Å². The highest BCUT2D eigenvalue weighted by molar-refractivity contribution is 9.10. The lowest BCUT2D eigenvalue weighted by atomic mass is 9.91. The lowest BCUT2D eigenvalue weighted by Gasteiger charge is -2.43. The van der Waals surface area contributed by atoms with Crippen LogP contribution in [0.2, 0.25) is 0 Å². The van der Waals surface area contributed by atoms with Crippen LogP contribution in [0.5, 0.6) is 5.75 Å². The molecule has 0 heterocycles. The molecule has 0 radical (unpaired) electrons. The molecule has 230 valence electrons. The van der Waals surface area contributed by atoms with Crippen LogP contribution in [-0.2, 0) is 9.47 Å². The first-order valence-corrected chi connectivity index (χ1v) is 10.0. The molecule has 1 aromatic carbocycles. The Labute approximate surface area is 218 Å². The van der Waals surface area contributed by atoms with E-state index in [4.69, 9.17) is 0 Å². The van der Waals surface area contributed by atoms with Gasteiger partial charge in [0.1, 0.15) is 11.3 Å². The van der Waals surface area contributed by atoms with Crippen molar-refractivity contribution in [3.63, 3.8) is 0 Å². The Morgan fingerprint density at radius 2 is 1.02 bits per heavy atom. The predicted molar refractivity (Wildman–Crippen MR) is 98.3 cm³/mol. The summed E-state index contributed by atoms with van der Waals surface area (Å²) < 4.78 is 221. The van der Waals surface area contributed by atoms with Crippen LogP contribution in [0.3, 0.4) is 0 Å². The molecular formula is C18H9BrF16O5. The molecule has 0 bridgehead atoms. The van der Waals surface area contributed by atoms with Crippen LogP contribution < -0.4 is 4.74 Å². The third kappa shape index (κ3) is 5.10. The topological polar surface area (TPSA) is 61.8 Å². The molecule has 22 heteroatoms. The monoisotopic (exact) mass is 688 g/mol. The summed E-state index contributed by atoms with van der Waals surface area (Å²) >= 11 is 0.540. The van der Waals surface area contributed by atoms with Crippen LogP contribution >= 0.6 is 15.9 Å². The van der Waals surface area contributed by atoms with E-state index in [9.17, 15) is 79.8 Å². The minimum absolute atomic E-state index is 0.0159. The zero-order valence-corrected chi connectivity index (χ0v) is 20.3. The maximum Gasteiger partial charge on any atom is 0.460 e. The van der Waals surface area contributed by atoms with Crippen molar-refractivity contribution in [2.45, 2.75) is 46.5 Å². The number of methoxy groups -OCH3 is 2. The molecule has 1 aromatic rings. The maximum absolute atomic E-state index is 14.6. The van der Waals surface area contributed by atoms with Crippen LogP contribution in [-0.4, -0.2) is 72.6 Å². The number of rotatable bonds is 10. The molecule has 0 aromatic heterocycles. The third-order valence-corrected chi connectivity index (χ3v) is 5.70. The quantitative estimate of drug-likeness (QED) is 0.150. The second kappa shape index (κ2) is 10.3. The van der Waals surface area contributed by atoms with Crippen molar-refractivity contribution in [1.29, 1.82) is 0 Å². The molecule has 0 aliphatic rings. The molecule has 0 N–H and O–H groups in total. The van der Waals surface area contributed by atoms with Crippen molar-refractivity contribution in [3.05, 3.63) is 29.3 Å². The van der Waals surface area contributed by atoms with Gasteiger partial charge in [0.25, 0.3) is 0 Å². The lowest BCUT2D eigenvalue weighted by Crippen LogP contribution is -2.74. The van der Waals surface area contributed by atoms with E-state index in [-0.39, 0.29) is 6.07 Å². The second-order valence-corrected chi connectivity index (χ2v) is 8.35. The zero-order valence-electron chi connectivity index (χ0n) is 18.7. The zero-order chi connectivity index (χ0) is 32.1. The van der Waals surface area contributed by atoms with Gasteiger partial charge >= 0.3 is 58.4 Å². The van der Waals surface area contributed by atoms with Gasteiger partial charge in [-0.05, 0) is 34.1 Å². The van der Waals surface area contributed by atoms with Gasteiger partial charge < -0.3 is 14.2 Å². The minimum atomic E-state index is -8.61. The first-order valence-electron chi connectivity index (χ1n) is 9.24. The number of carbonyl (C=O) groups is 2. The summed E-state index contributed by atoms with van der Waals surface area (Å²) in [4.78, 5) is 23.3. The van der Waals surface area contributed by atoms with E-state index >= 15 is 0 Å². The number of hydrogen-bond donors (Lipinski definition) is 0. The molecule has 0 fully saturated rings. The van der Waals surface area contributed by atoms with E-state index in [2.05, 4.69) is 14.2 Å². The smallest absolute Gasteiger partial charge is 0.460 e. The average molecular weight is 689 g/mol. The Hall–Kier alpha value is -2.68. The molecular weight excluding hydrogens is 680 g/mol. The summed E-state index contributed by atoms with van der Waals surface area (Å²) in [6.07, 6.45) is -14.5. The molecule has 40 heavy (non-hydrogen) atoms. The van der Waals surface area contributed by atoms with Gasteiger partial charge in [0, 0.05) is 0 Å². The number of carbonyl (C=O) groups excluding carboxylic acids is 2. The van der Waals surface area contributed by atoms with Gasteiger partial charge in [0.2, 0.25) is 0 Å². The van der Waals surface area contributed by atoms with Gasteiger partial charge in [-0.2, -0.15) is 65.9 Å². The van der Waals surface area contributed by atoms with Crippen LogP contribution in [0.25, 0.3) is 0 Å². The van der Waals surface area contributed by atoms with E-state index in [1.807, 2.05) is 0 Å². The summed E-state index contributed by atoms with van der Waals surface area (Å²) in [5.41, 5.74) is -2.23. The fourth-order valence-corrected chi connectivity index (χ4v) is 2.81. The highest BCUT2D eigenvalue weighted by atomic mass is 79.9. The van der Waals surface area contributed by atoms with Gasteiger partial charge in [-0.3, -0.25) is 0 Å². The second-order valence-electron chi connectivity index (χ2n) is 7.26. The van der Waals surface area contributed by atoms with Crippen LogP contribution in [0, 0.1) is 0 Å². The van der Waals surface area contributed by atoms with E-state index < -0.39 is 75.3 Å². The van der Waals surface area contributed by atoms with Crippen LogP contribution in [0.4, 0.5) is 70.2 Å². The molecule has 0 saturated heterocycles. The average Bonchev–Trinajstić information content (AvgIpc) is 2.81. The van der Waals surface area contributed by atoms with E-state index in [1.54, 1.807) is 0 Å². The van der Waals surface area contributed by atoms with Crippen molar-refractivity contribution >= 4 is 27.9 Å². The van der Waals surface area contributed by atoms with Gasteiger partial charge in [-0.1, -0.05) is 0 Å². The molecule has 0 spiro atoms.